The summed E-state index contributed by atoms with van der Waals surface area (Å²) >= 11 is 0. The molecular weight excluding hydrogens is 600 g/mol. The zero-order valence-electron chi connectivity index (χ0n) is 25.4. The molecule has 2 amide bonds. The number of aliphatic imine (C=N–C) groups is 1. The van der Waals surface area contributed by atoms with Gasteiger partial charge in [-0.1, -0.05) is 42.5 Å². The van der Waals surface area contributed by atoms with E-state index in [1.807, 2.05) is 30.3 Å². The molecule has 0 spiro atoms. The predicted octanol–water partition coefficient (Wildman–Crippen LogP) is 6.75. The standard InChI is InChI=1S/C34H33F2N3O7/c1-4-44-32(31-27(35)16-26(17-28(31)36)46-25-14-15-29(42-2)30(18-25)43-3)33(40)37-19-22-10-12-24(13-11-22)38-21-39-34(41)45-20-23-8-6-5-7-9-23/h5-18,21,32H,4,19-20H2,1-3H3,(H,37,40)(H,38,39,41). The Morgan fingerprint density at radius 1 is 0.848 bits per heavy atom. The van der Waals surface area contributed by atoms with Crippen LogP contribution in [0.2, 0.25) is 0 Å². The van der Waals surface area contributed by atoms with Crippen molar-refractivity contribution in [3.05, 3.63) is 113 Å². The molecule has 0 saturated heterocycles. The maximum absolute atomic E-state index is 15.2. The third-order valence-electron chi connectivity index (χ3n) is 6.49. The van der Waals surface area contributed by atoms with Gasteiger partial charge in [-0.05, 0) is 42.3 Å². The maximum Gasteiger partial charge on any atom is 0.412 e. The summed E-state index contributed by atoms with van der Waals surface area (Å²) < 4.78 is 57.0. The molecule has 0 aliphatic heterocycles. The lowest BCUT2D eigenvalue weighted by molar-refractivity contribution is -0.133. The molecule has 0 radical (unpaired) electrons. The van der Waals surface area contributed by atoms with Crippen LogP contribution in [0.1, 0.15) is 29.7 Å². The smallest absolute Gasteiger partial charge is 0.412 e. The zero-order chi connectivity index (χ0) is 32.9. The molecule has 0 bridgehead atoms. The van der Waals surface area contributed by atoms with Crippen LogP contribution in [0.5, 0.6) is 23.0 Å². The third kappa shape index (κ3) is 9.26. The van der Waals surface area contributed by atoms with Crippen LogP contribution in [0.15, 0.2) is 89.9 Å². The maximum atomic E-state index is 15.2. The fraction of sp³-hybridized carbons (Fsp3) is 0.206. The molecular formula is C34H33F2N3O7. The van der Waals surface area contributed by atoms with Crippen LogP contribution < -0.4 is 24.8 Å². The highest BCUT2D eigenvalue weighted by Gasteiger charge is 2.28. The van der Waals surface area contributed by atoms with Crippen LogP contribution in [0.3, 0.4) is 0 Å². The summed E-state index contributed by atoms with van der Waals surface area (Å²) in [6.07, 6.45) is -0.982. The fourth-order valence-corrected chi connectivity index (χ4v) is 4.25. The third-order valence-corrected chi connectivity index (χ3v) is 6.49. The number of hydrogen-bond donors (Lipinski definition) is 2. The first-order valence-electron chi connectivity index (χ1n) is 14.2. The Hall–Kier alpha value is -5.49. The second-order valence-corrected chi connectivity index (χ2v) is 9.60. The van der Waals surface area contributed by atoms with Crippen LogP contribution in [0.25, 0.3) is 0 Å². The summed E-state index contributed by atoms with van der Waals surface area (Å²) in [6.45, 7) is 1.83. The Morgan fingerprint density at radius 2 is 1.54 bits per heavy atom. The van der Waals surface area contributed by atoms with Gasteiger partial charge in [-0.25, -0.2) is 18.6 Å². The van der Waals surface area contributed by atoms with E-state index in [0.29, 0.717) is 22.7 Å². The van der Waals surface area contributed by atoms with E-state index in [0.717, 1.165) is 17.7 Å². The average molecular weight is 634 g/mol. The van der Waals surface area contributed by atoms with Crippen LogP contribution >= 0.6 is 0 Å². The van der Waals surface area contributed by atoms with Gasteiger partial charge >= 0.3 is 6.09 Å². The van der Waals surface area contributed by atoms with Crippen LogP contribution in [0.4, 0.5) is 19.3 Å². The minimum absolute atomic E-state index is 0.0292. The van der Waals surface area contributed by atoms with E-state index in [9.17, 15) is 9.59 Å². The highest BCUT2D eigenvalue weighted by molar-refractivity contribution is 5.83. The lowest BCUT2D eigenvalue weighted by Gasteiger charge is -2.19. The van der Waals surface area contributed by atoms with Gasteiger partial charge < -0.3 is 29.0 Å². The number of methoxy groups -OCH3 is 2. The van der Waals surface area contributed by atoms with Crippen LogP contribution in [-0.2, 0) is 27.4 Å². The first-order valence-corrected chi connectivity index (χ1v) is 14.2. The SMILES string of the molecule is CCOC(C(=O)NCc1ccc(/N=C/NC(=O)OCc2ccccc2)cc1)c1c(F)cc(Oc2ccc(OC)c(OC)c2)cc1F. The lowest BCUT2D eigenvalue weighted by Crippen LogP contribution is -2.31. The van der Waals surface area contributed by atoms with E-state index in [-0.39, 0.29) is 31.3 Å². The van der Waals surface area contributed by atoms with Crippen LogP contribution in [0, 0.1) is 11.6 Å². The normalized spacial score (nSPS) is 11.5. The van der Waals surface area contributed by atoms with Crippen molar-refractivity contribution in [2.24, 2.45) is 4.99 Å². The number of benzene rings is 4. The van der Waals surface area contributed by atoms with E-state index in [4.69, 9.17) is 23.7 Å². The van der Waals surface area contributed by atoms with Gasteiger partial charge in [-0.2, -0.15) is 0 Å². The number of nitrogens with one attached hydrogen (secondary N) is 2. The molecule has 0 fully saturated rings. The first kappa shape index (κ1) is 33.4. The second-order valence-electron chi connectivity index (χ2n) is 9.60. The van der Waals surface area contributed by atoms with Crippen molar-refractivity contribution in [3.63, 3.8) is 0 Å². The largest absolute Gasteiger partial charge is 0.493 e. The number of amides is 2. The molecule has 1 atom stereocenters. The van der Waals surface area contributed by atoms with Gasteiger partial charge in [0.2, 0.25) is 0 Å². The Bertz CT molecular complexity index is 1630. The second kappa shape index (κ2) is 16.5. The lowest BCUT2D eigenvalue weighted by atomic mass is 10.1. The molecule has 2 N–H and O–H groups in total. The highest BCUT2D eigenvalue weighted by Crippen LogP contribution is 2.35. The van der Waals surface area contributed by atoms with Gasteiger partial charge in [0.05, 0.1) is 31.8 Å². The number of carbonyl (C=O) groups is 2. The Balaban J connectivity index is 1.33. The summed E-state index contributed by atoms with van der Waals surface area (Å²) in [5, 5.41) is 5.08. The number of ether oxygens (including phenoxy) is 5. The molecule has 0 aromatic heterocycles. The number of rotatable bonds is 14. The minimum Gasteiger partial charge on any atom is -0.493 e. The molecule has 46 heavy (non-hydrogen) atoms. The predicted molar refractivity (Wildman–Crippen MR) is 167 cm³/mol. The van der Waals surface area contributed by atoms with Gasteiger partial charge in [0, 0.05) is 31.4 Å². The molecule has 0 saturated carbocycles. The van der Waals surface area contributed by atoms with Crippen LogP contribution in [-0.4, -0.2) is 39.2 Å². The van der Waals surface area contributed by atoms with Gasteiger partial charge in [-0.3, -0.25) is 10.1 Å². The van der Waals surface area contributed by atoms with Gasteiger partial charge in [0.15, 0.2) is 17.6 Å². The molecule has 4 aromatic rings. The summed E-state index contributed by atoms with van der Waals surface area (Å²) in [4.78, 5) is 29.0. The van der Waals surface area contributed by atoms with Crippen molar-refractivity contribution in [2.45, 2.75) is 26.2 Å². The van der Waals surface area contributed by atoms with Gasteiger partial charge in [-0.15, -0.1) is 0 Å². The monoisotopic (exact) mass is 633 g/mol. The molecule has 10 nitrogen and oxygen atoms in total. The van der Waals surface area contributed by atoms with E-state index in [1.165, 1.54) is 26.6 Å². The van der Waals surface area contributed by atoms with E-state index >= 15 is 8.78 Å². The number of halogens is 2. The number of alkyl carbamates (subject to hydrolysis) is 1. The number of nitrogens with zero attached hydrogens (tertiary/aromatic N) is 1. The van der Waals surface area contributed by atoms with E-state index in [1.54, 1.807) is 43.3 Å². The molecule has 12 heteroatoms. The topological polar surface area (TPSA) is 117 Å². The van der Waals surface area contributed by atoms with E-state index < -0.39 is 35.3 Å². The Kier molecular flexibility index (Phi) is 12.0. The summed E-state index contributed by atoms with van der Waals surface area (Å²) in [5.41, 5.74) is 1.54. The summed E-state index contributed by atoms with van der Waals surface area (Å²) in [7, 11) is 2.93. The summed E-state index contributed by atoms with van der Waals surface area (Å²) in [6, 6.07) is 22.6. The molecule has 0 aliphatic rings. The zero-order valence-corrected chi connectivity index (χ0v) is 25.4. The number of carbonyl (C=O) groups excluding carboxylic acids is 2. The molecule has 0 heterocycles. The van der Waals surface area contributed by atoms with Gasteiger partial charge in [0.25, 0.3) is 5.91 Å². The van der Waals surface area contributed by atoms with Gasteiger partial charge in [0.1, 0.15) is 29.7 Å². The Morgan fingerprint density at radius 3 is 2.20 bits per heavy atom. The first-order chi connectivity index (χ1) is 22.3. The van der Waals surface area contributed by atoms with Crippen molar-refractivity contribution in [3.8, 4) is 23.0 Å². The van der Waals surface area contributed by atoms with Crippen molar-refractivity contribution < 1.29 is 42.1 Å². The molecule has 4 rings (SSSR count). The van der Waals surface area contributed by atoms with Crippen molar-refractivity contribution >= 4 is 24.0 Å². The highest BCUT2D eigenvalue weighted by atomic mass is 19.1. The average Bonchev–Trinajstić information content (AvgIpc) is 3.06. The van der Waals surface area contributed by atoms with Crippen molar-refractivity contribution in [1.82, 2.24) is 10.6 Å². The van der Waals surface area contributed by atoms with Crippen molar-refractivity contribution in [1.29, 1.82) is 0 Å². The summed E-state index contributed by atoms with van der Waals surface area (Å²) in [5.74, 6) is -1.77. The number of hydrogen-bond acceptors (Lipinski definition) is 8. The minimum atomic E-state index is -1.54. The fourth-order valence-electron chi connectivity index (χ4n) is 4.25. The molecule has 240 valence electrons. The molecule has 0 aliphatic carbocycles. The molecule has 4 aromatic carbocycles. The van der Waals surface area contributed by atoms with E-state index in [2.05, 4.69) is 15.6 Å². The molecule has 1 unspecified atom stereocenters. The quantitative estimate of drug-likeness (QED) is 0.117. The van der Waals surface area contributed by atoms with Crippen molar-refractivity contribution in [2.75, 3.05) is 20.8 Å². The Labute approximate surface area is 264 Å².